The molecule has 2 aliphatic heterocycles. The number of hydrogen-bond acceptors (Lipinski definition) is 8. The number of likely N-dealkylation sites (N-methyl/N-ethyl adjacent to an activating group) is 2. The predicted octanol–water partition coefficient (Wildman–Crippen LogP) is 7.07. The molecule has 2 saturated carbocycles. The highest BCUT2D eigenvalue weighted by atomic mass is 16.2. The Bertz CT molecular complexity index is 1840. The lowest BCUT2D eigenvalue weighted by Gasteiger charge is -2.39. The Kier molecular flexibility index (Phi) is 18.1. The van der Waals surface area contributed by atoms with Crippen LogP contribution < -0.4 is 21.3 Å². The number of fused-ring (bicyclic) bond motifs is 2. The molecular weight excluding hydrogens is 849 g/mol. The van der Waals surface area contributed by atoms with Crippen molar-refractivity contribution in [2.24, 2.45) is 11.8 Å². The quantitative estimate of drug-likeness (QED) is 0.0980. The summed E-state index contributed by atoms with van der Waals surface area (Å²) in [5.74, 6) is 0.415. The maximum absolute atomic E-state index is 14.8. The van der Waals surface area contributed by atoms with Crippen LogP contribution in [0.4, 0.5) is 0 Å². The molecule has 12 nitrogen and oxygen atoms in total. The molecular formula is C56H86N8O4. The zero-order valence-corrected chi connectivity index (χ0v) is 42.2. The monoisotopic (exact) mass is 935 g/mol. The van der Waals surface area contributed by atoms with E-state index < -0.39 is 12.1 Å². The zero-order valence-electron chi connectivity index (χ0n) is 42.2. The summed E-state index contributed by atoms with van der Waals surface area (Å²) in [6, 6.07) is 17.2. The summed E-state index contributed by atoms with van der Waals surface area (Å²) in [6.07, 6.45) is 21.2. The number of rotatable bonds is 21. The molecule has 2 aromatic carbocycles. The molecule has 0 aromatic heterocycles. The van der Waals surface area contributed by atoms with Gasteiger partial charge in [0.2, 0.25) is 23.6 Å². The molecule has 12 heteroatoms. The topological polar surface area (TPSA) is 129 Å². The molecule has 68 heavy (non-hydrogen) atoms. The number of carbonyl (C=O) groups is 4. The minimum absolute atomic E-state index is 0.0919. The van der Waals surface area contributed by atoms with E-state index in [4.69, 9.17) is 0 Å². The average molecular weight is 935 g/mol. The molecule has 8 atom stereocenters. The summed E-state index contributed by atoms with van der Waals surface area (Å²) in [5, 5.41) is 12.7. The van der Waals surface area contributed by atoms with E-state index in [-0.39, 0.29) is 59.6 Å². The van der Waals surface area contributed by atoms with Crippen LogP contribution in [0.5, 0.6) is 0 Å². The van der Waals surface area contributed by atoms with Crippen molar-refractivity contribution in [3.63, 3.8) is 0 Å². The molecule has 6 aliphatic rings. The van der Waals surface area contributed by atoms with Crippen LogP contribution in [0.15, 0.2) is 48.5 Å². The molecule has 2 saturated heterocycles. The summed E-state index contributed by atoms with van der Waals surface area (Å²) < 4.78 is 0. The van der Waals surface area contributed by atoms with Gasteiger partial charge in [-0.05, 0) is 165 Å². The zero-order chi connectivity index (χ0) is 47.6. The Labute approximate surface area is 408 Å². The third-order valence-corrected chi connectivity index (χ3v) is 17.5. The van der Waals surface area contributed by atoms with E-state index in [0.29, 0.717) is 12.1 Å². The highest BCUT2D eigenvalue weighted by Crippen LogP contribution is 2.40. The lowest BCUT2D eigenvalue weighted by molar-refractivity contribution is -0.140. The fourth-order valence-electron chi connectivity index (χ4n) is 13.3. The number of nitrogens with zero attached hydrogens (tertiary/aromatic N) is 4. The van der Waals surface area contributed by atoms with E-state index in [9.17, 15) is 19.2 Å². The van der Waals surface area contributed by atoms with Crippen molar-refractivity contribution in [3.05, 3.63) is 70.8 Å². The first-order valence-corrected chi connectivity index (χ1v) is 27.3. The Morgan fingerprint density at radius 2 is 0.941 bits per heavy atom. The minimum Gasteiger partial charge on any atom is -0.343 e. The van der Waals surface area contributed by atoms with Crippen LogP contribution in [0.2, 0.25) is 0 Å². The van der Waals surface area contributed by atoms with Crippen LogP contribution >= 0.6 is 0 Å². The summed E-state index contributed by atoms with van der Waals surface area (Å²) in [4.78, 5) is 66.0. The second-order valence-corrected chi connectivity index (χ2v) is 21.6. The van der Waals surface area contributed by atoms with Gasteiger partial charge in [-0.1, -0.05) is 87.1 Å². The van der Waals surface area contributed by atoms with Crippen LogP contribution in [0, 0.1) is 11.8 Å². The SMILES string of the molecule is CN[C@@H](C)C(=O)N[C@H](C(=O)N1CCC[C@H]1CN(CCCCN(C[C@@H]1CCCN1C(=O)[C@@H](NC(=O)[C@H](C)NC)C1CCCCC1)C1CCc2ccccc21)C1CCc2ccccc21)C1CCCCC1. The van der Waals surface area contributed by atoms with Crippen molar-refractivity contribution < 1.29 is 19.2 Å². The number of nitrogens with one attached hydrogen (secondary N) is 4. The Morgan fingerprint density at radius 3 is 1.34 bits per heavy atom. The molecule has 4 amide bonds. The molecule has 4 N–H and O–H groups in total. The van der Waals surface area contributed by atoms with E-state index in [2.05, 4.69) is 89.4 Å². The van der Waals surface area contributed by atoms with Gasteiger partial charge in [0, 0.05) is 50.3 Å². The fraction of sp³-hybridized carbons (Fsp3) is 0.714. The molecule has 0 bridgehead atoms. The first kappa shape index (κ1) is 50.5. The van der Waals surface area contributed by atoms with Crippen molar-refractivity contribution in [2.75, 3.05) is 53.4 Å². The molecule has 8 rings (SSSR count). The fourth-order valence-corrected chi connectivity index (χ4v) is 13.3. The summed E-state index contributed by atoms with van der Waals surface area (Å²) >= 11 is 0. The highest BCUT2D eigenvalue weighted by molar-refractivity contribution is 5.91. The van der Waals surface area contributed by atoms with Crippen molar-refractivity contribution >= 4 is 23.6 Å². The number of aryl methyl sites for hydroxylation is 2. The van der Waals surface area contributed by atoms with Gasteiger partial charge in [-0.25, -0.2) is 0 Å². The molecule has 4 aliphatic carbocycles. The number of unbranched alkanes of at least 4 members (excludes halogenated alkanes) is 1. The summed E-state index contributed by atoms with van der Waals surface area (Å²) in [6.45, 7) is 8.83. The predicted molar refractivity (Wildman–Crippen MR) is 271 cm³/mol. The van der Waals surface area contributed by atoms with Crippen molar-refractivity contribution in [1.29, 1.82) is 0 Å². The van der Waals surface area contributed by atoms with Gasteiger partial charge in [-0.2, -0.15) is 0 Å². The lowest BCUT2D eigenvalue weighted by atomic mass is 9.83. The second kappa shape index (κ2) is 24.3. The van der Waals surface area contributed by atoms with Gasteiger partial charge in [0.25, 0.3) is 0 Å². The maximum atomic E-state index is 14.8. The minimum atomic E-state index is -0.475. The first-order chi connectivity index (χ1) is 33.1. The third kappa shape index (κ3) is 12.0. The normalized spacial score (nSPS) is 25.0. The van der Waals surface area contributed by atoms with Crippen LogP contribution in [-0.4, -0.2) is 133 Å². The molecule has 0 spiro atoms. The van der Waals surface area contributed by atoms with Crippen molar-refractivity contribution in [3.8, 4) is 0 Å². The van der Waals surface area contributed by atoms with E-state index in [0.717, 1.165) is 155 Å². The molecule has 0 radical (unpaired) electrons. The van der Waals surface area contributed by atoms with Crippen LogP contribution in [-0.2, 0) is 32.0 Å². The average Bonchev–Trinajstić information content (AvgIpc) is 4.22. The molecule has 374 valence electrons. The summed E-state index contributed by atoms with van der Waals surface area (Å²) in [7, 11) is 3.60. The van der Waals surface area contributed by atoms with Gasteiger partial charge in [0.1, 0.15) is 12.1 Å². The standard InChI is InChI=1S/C56H86N8O4/c1-39(57-3)53(65)59-51(43-21-7-5-8-22-43)55(67)63-35-17-25-45(63)37-61(49-31-29-41-19-11-13-27-47(41)49)33-15-16-34-62(50-32-30-42-20-12-14-28-48(42)50)38-46-26-18-36-64(46)56(68)52(44-23-9-6-10-24-44)60-54(66)40(2)58-4/h11-14,19-20,27-28,39-40,43-46,49-52,57-58H,5-10,15-18,21-26,29-38H2,1-4H3,(H,59,65)(H,60,66)/t39-,40-,45-,46-,49?,50?,51-,52-/m0/s1. The molecule has 2 unspecified atom stereocenters. The van der Waals surface area contributed by atoms with E-state index in [1.807, 2.05) is 13.8 Å². The van der Waals surface area contributed by atoms with Crippen molar-refractivity contribution in [2.45, 2.75) is 191 Å². The van der Waals surface area contributed by atoms with Gasteiger partial charge in [0.05, 0.1) is 12.1 Å². The number of likely N-dealkylation sites (tertiary alicyclic amines) is 2. The van der Waals surface area contributed by atoms with Gasteiger partial charge < -0.3 is 31.1 Å². The van der Waals surface area contributed by atoms with Gasteiger partial charge in [-0.3, -0.25) is 29.0 Å². The molecule has 2 aromatic rings. The lowest BCUT2D eigenvalue weighted by Crippen LogP contribution is -2.57. The first-order valence-electron chi connectivity index (χ1n) is 27.3. The molecule has 4 fully saturated rings. The van der Waals surface area contributed by atoms with Crippen LogP contribution in [0.1, 0.15) is 164 Å². The number of carbonyl (C=O) groups excluding carboxylic acids is 4. The Balaban J connectivity index is 0.979. The van der Waals surface area contributed by atoms with Gasteiger partial charge in [-0.15, -0.1) is 0 Å². The van der Waals surface area contributed by atoms with Crippen LogP contribution in [0.3, 0.4) is 0 Å². The second-order valence-electron chi connectivity index (χ2n) is 21.6. The van der Waals surface area contributed by atoms with E-state index in [1.165, 1.54) is 35.1 Å². The van der Waals surface area contributed by atoms with E-state index in [1.54, 1.807) is 14.1 Å². The van der Waals surface area contributed by atoms with Gasteiger partial charge in [0.15, 0.2) is 0 Å². The third-order valence-electron chi connectivity index (χ3n) is 17.5. The number of hydrogen-bond donors (Lipinski definition) is 4. The highest BCUT2D eigenvalue weighted by Gasteiger charge is 2.42. The van der Waals surface area contributed by atoms with Crippen LogP contribution in [0.25, 0.3) is 0 Å². The van der Waals surface area contributed by atoms with Gasteiger partial charge >= 0.3 is 0 Å². The Morgan fingerprint density at radius 1 is 0.544 bits per heavy atom. The number of benzene rings is 2. The summed E-state index contributed by atoms with van der Waals surface area (Å²) in [5.41, 5.74) is 5.78. The smallest absolute Gasteiger partial charge is 0.245 e. The Hall–Kier alpha value is -3.84. The number of amides is 4. The van der Waals surface area contributed by atoms with Crippen molar-refractivity contribution in [1.82, 2.24) is 40.9 Å². The molecule has 2 heterocycles. The van der Waals surface area contributed by atoms with E-state index >= 15 is 0 Å². The largest absolute Gasteiger partial charge is 0.343 e. The maximum Gasteiger partial charge on any atom is 0.245 e.